The summed E-state index contributed by atoms with van der Waals surface area (Å²) in [5.74, 6) is 0. The van der Waals surface area contributed by atoms with Crippen molar-refractivity contribution in [3.8, 4) is 0 Å². The van der Waals surface area contributed by atoms with Crippen molar-refractivity contribution in [3.05, 3.63) is 53.1 Å². The van der Waals surface area contributed by atoms with Crippen molar-refractivity contribution in [2.24, 2.45) is 0 Å². The predicted octanol–water partition coefficient (Wildman–Crippen LogP) is 3.15. The van der Waals surface area contributed by atoms with Crippen molar-refractivity contribution in [2.75, 3.05) is 0 Å². The van der Waals surface area contributed by atoms with Gasteiger partial charge in [-0.1, -0.05) is 47.6 Å². The second-order valence-corrected chi connectivity index (χ2v) is 3.29. The number of hydrogen-bond donors (Lipinski definition) is 0. The summed E-state index contributed by atoms with van der Waals surface area (Å²) in [6, 6.07) is 8.27. The van der Waals surface area contributed by atoms with E-state index in [4.69, 9.17) is 0 Å². The number of hydrogen-bond acceptors (Lipinski definition) is 1. The second-order valence-electron chi connectivity index (χ2n) is 3.29. The molecule has 0 aliphatic carbocycles. The fourth-order valence-corrected chi connectivity index (χ4v) is 1.16. The maximum Gasteiger partial charge on any atom is 0.142 e. The van der Waals surface area contributed by atoms with Crippen LogP contribution in [0.15, 0.2) is 42.0 Å². The van der Waals surface area contributed by atoms with Gasteiger partial charge < -0.3 is 0 Å². The number of rotatable bonds is 3. The average Bonchev–Trinajstić information content (AvgIpc) is 2.18. The van der Waals surface area contributed by atoms with E-state index in [-0.39, 0.29) is 0 Å². The summed E-state index contributed by atoms with van der Waals surface area (Å²) in [4.78, 5) is 10.1. The van der Waals surface area contributed by atoms with Crippen molar-refractivity contribution < 1.29 is 4.79 Å². The van der Waals surface area contributed by atoms with Gasteiger partial charge in [0.2, 0.25) is 0 Å². The molecule has 1 aromatic rings. The molecule has 0 saturated heterocycles. The molecule has 0 spiro atoms. The minimum absolute atomic E-state index is 0.784. The average molecular weight is 186 g/mol. The van der Waals surface area contributed by atoms with Crippen molar-refractivity contribution in [2.45, 2.75) is 13.8 Å². The largest absolute Gasteiger partial charge is 0.299 e. The molecule has 14 heavy (non-hydrogen) atoms. The molecular weight excluding hydrogens is 172 g/mol. The highest BCUT2D eigenvalue weighted by molar-refractivity contribution is 5.67. The lowest BCUT2D eigenvalue weighted by atomic mass is 10.1. The summed E-state index contributed by atoms with van der Waals surface area (Å²) in [6.45, 7) is 4.03. The van der Waals surface area contributed by atoms with Crippen LogP contribution in [0.2, 0.25) is 0 Å². The quantitative estimate of drug-likeness (QED) is 0.402. The minimum atomic E-state index is 0.784. The van der Waals surface area contributed by atoms with Crippen LogP contribution in [-0.2, 0) is 4.79 Å². The van der Waals surface area contributed by atoms with Gasteiger partial charge in [0.05, 0.1) is 0 Å². The van der Waals surface area contributed by atoms with Crippen LogP contribution in [0.5, 0.6) is 0 Å². The first-order valence-electron chi connectivity index (χ1n) is 4.59. The van der Waals surface area contributed by atoms with E-state index in [1.54, 1.807) is 6.08 Å². The summed E-state index contributed by atoms with van der Waals surface area (Å²) < 4.78 is 0. The van der Waals surface area contributed by atoms with Gasteiger partial charge in [-0.3, -0.25) is 4.79 Å². The molecule has 0 aliphatic heterocycles. The van der Waals surface area contributed by atoms with Crippen LogP contribution in [0.4, 0.5) is 0 Å². The third kappa shape index (κ3) is 3.40. The van der Waals surface area contributed by atoms with Gasteiger partial charge in [-0.05, 0) is 25.5 Å². The van der Waals surface area contributed by atoms with Gasteiger partial charge >= 0.3 is 0 Å². The van der Waals surface area contributed by atoms with Crippen LogP contribution in [0.3, 0.4) is 0 Å². The number of allylic oxidation sites excluding steroid dienone is 3. The summed E-state index contributed by atoms with van der Waals surface area (Å²) in [7, 11) is 0. The Morgan fingerprint density at radius 1 is 1.21 bits per heavy atom. The molecule has 1 rings (SSSR count). The third-order valence-electron chi connectivity index (χ3n) is 1.91. The summed E-state index contributed by atoms with van der Waals surface area (Å²) in [5, 5.41) is 0. The Balaban J connectivity index is 2.81. The molecule has 0 fully saturated rings. The molecule has 0 unspecified atom stereocenters. The molecule has 0 atom stereocenters. The van der Waals surface area contributed by atoms with E-state index >= 15 is 0 Å². The summed E-state index contributed by atoms with van der Waals surface area (Å²) >= 11 is 0. The molecule has 72 valence electrons. The zero-order valence-electron chi connectivity index (χ0n) is 8.53. The van der Waals surface area contributed by atoms with Gasteiger partial charge in [-0.25, -0.2) is 0 Å². The zero-order valence-corrected chi connectivity index (χ0v) is 8.53. The minimum Gasteiger partial charge on any atom is -0.299 e. The molecular formula is C13H14O. The molecule has 1 aromatic carbocycles. The van der Waals surface area contributed by atoms with E-state index in [1.807, 2.05) is 13.0 Å². The van der Waals surface area contributed by atoms with Gasteiger partial charge in [0, 0.05) is 0 Å². The molecule has 1 heteroatoms. The van der Waals surface area contributed by atoms with Gasteiger partial charge in [0.1, 0.15) is 6.29 Å². The van der Waals surface area contributed by atoms with E-state index in [1.165, 1.54) is 11.6 Å². The van der Waals surface area contributed by atoms with E-state index in [9.17, 15) is 4.79 Å². The Kier molecular flexibility index (Phi) is 3.86. The molecule has 0 aliphatic rings. The van der Waals surface area contributed by atoms with Crippen molar-refractivity contribution in [1.29, 1.82) is 0 Å². The standard InChI is InChI=1S/C13H14O/c1-11-5-7-13(8-6-11)10-12(2)4-3-9-14/h3-10H,1-2H3/b4-3-,12-10?. The maximum atomic E-state index is 10.1. The Labute approximate surface area is 84.8 Å². The van der Waals surface area contributed by atoms with E-state index in [0.717, 1.165) is 17.4 Å². The normalized spacial score (nSPS) is 12.0. The monoisotopic (exact) mass is 186 g/mol. The van der Waals surface area contributed by atoms with Crippen LogP contribution < -0.4 is 0 Å². The lowest BCUT2D eigenvalue weighted by Gasteiger charge is -1.96. The molecule has 0 saturated carbocycles. The smallest absolute Gasteiger partial charge is 0.142 e. The predicted molar refractivity (Wildman–Crippen MR) is 60.0 cm³/mol. The van der Waals surface area contributed by atoms with E-state index in [2.05, 4.69) is 31.2 Å². The second kappa shape index (κ2) is 5.18. The van der Waals surface area contributed by atoms with Crippen LogP contribution in [-0.4, -0.2) is 6.29 Å². The lowest BCUT2D eigenvalue weighted by molar-refractivity contribution is -0.104. The zero-order chi connectivity index (χ0) is 10.4. The van der Waals surface area contributed by atoms with Crippen molar-refractivity contribution >= 4 is 12.4 Å². The number of aryl methyl sites for hydroxylation is 1. The van der Waals surface area contributed by atoms with Gasteiger partial charge in [0.15, 0.2) is 0 Å². The van der Waals surface area contributed by atoms with Crippen molar-refractivity contribution in [3.63, 3.8) is 0 Å². The highest BCUT2D eigenvalue weighted by Gasteiger charge is 1.87. The van der Waals surface area contributed by atoms with E-state index in [0.29, 0.717) is 0 Å². The Hall–Kier alpha value is -1.63. The Morgan fingerprint density at radius 3 is 2.43 bits per heavy atom. The summed E-state index contributed by atoms with van der Waals surface area (Å²) in [5.41, 5.74) is 3.48. The molecule has 0 aromatic heterocycles. The molecule has 0 radical (unpaired) electrons. The molecule has 0 bridgehead atoms. The molecule has 1 nitrogen and oxygen atoms in total. The van der Waals surface area contributed by atoms with E-state index < -0.39 is 0 Å². The first-order chi connectivity index (χ1) is 6.72. The summed E-state index contributed by atoms with van der Waals surface area (Å²) in [6.07, 6.45) is 6.12. The van der Waals surface area contributed by atoms with Gasteiger partial charge in [0.25, 0.3) is 0 Å². The van der Waals surface area contributed by atoms with Crippen LogP contribution >= 0.6 is 0 Å². The van der Waals surface area contributed by atoms with Crippen LogP contribution in [0.25, 0.3) is 6.08 Å². The Morgan fingerprint density at radius 2 is 1.86 bits per heavy atom. The third-order valence-corrected chi connectivity index (χ3v) is 1.91. The lowest BCUT2D eigenvalue weighted by Crippen LogP contribution is -1.75. The first kappa shape index (κ1) is 10.5. The fourth-order valence-electron chi connectivity index (χ4n) is 1.16. The van der Waals surface area contributed by atoms with Crippen LogP contribution in [0, 0.1) is 6.92 Å². The first-order valence-corrected chi connectivity index (χ1v) is 4.59. The van der Waals surface area contributed by atoms with Gasteiger partial charge in [-0.15, -0.1) is 0 Å². The van der Waals surface area contributed by atoms with Crippen LogP contribution in [0.1, 0.15) is 18.1 Å². The molecule has 0 amide bonds. The number of benzene rings is 1. The topological polar surface area (TPSA) is 17.1 Å². The number of carbonyl (C=O) groups excluding carboxylic acids is 1. The van der Waals surface area contributed by atoms with Crippen molar-refractivity contribution in [1.82, 2.24) is 0 Å². The molecule has 0 N–H and O–H groups in total. The van der Waals surface area contributed by atoms with Gasteiger partial charge in [-0.2, -0.15) is 0 Å². The number of aldehydes is 1. The SMILES string of the molecule is CC(=Cc1ccc(C)cc1)/C=C\C=O. The number of carbonyl (C=O) groups is 1. The highest BCUT2D eigenvalue weighted by Crippen LogP contribution is 2.08. The highest BCUT2D eigenvalue weighted by atomic mass is 16.1. The molecule has 0 heterocycles. The fraction of sp³-hybridized carbons (Fsp3) is 0.154. The Bertz CT molecular complexity index is 355. The maximum absolute atomic E-state index is 10.1.